The third kappa shape index (κ3) is 40.6. The molecule has 0 aliphatic rings. The van der Waals surface area contributed by atoms with Crippen LogP contribution in [0.2, 0.25) is 0 Å². The molecule has 0 aliphatic carbocycles. The van der Waals surface area contributed by atoms with Crippen LogP contribution in [0, 0.1) is 0 Å². The van der Waals surface area contributed by atoms with Gasteiger partial charge < -0.3 is 20.3 Å². The van der Waals surface area contributed by atoms with Gasteiger partial charge in [0.1, 0.15) is 6.10 Å². The van der Waals surface area contributed by atoms with E-state index >= 15 is 0 Å². The second kappa shape index (κ2) is 45.2. The Bertz CT molecular complexity index is 946. The molecule has 3 unspecified atom stereocenters. The Kier molecular flexibility index (Phi) is 43.6. The molecule has 6 nitrogen and oxygen atoms in total. The molecule has 0 spiro atoms. The molecule has 3 atom stereocenters. The van der Waals surface area contributed by atoms with Crippen molar-refractivity contribution in [1.29, 1.82) is 0 Å². The van der Waals surface area contributed by atoms with E-state index < -0.39 is 18.2 Å². The Balaban J connectivity index is 4.60. The number of unbranched alkanes of at least 4 members (excludes halogenated alkanes) is 28. The number of amides is 1. The highest BCUT2D eigenvalue weighted by Crippen LogP contribution is 2.18. The summed E-state index contributed by atoms with van der Waals surface area (Å²) in [7, 11) is 0. The minimum absolute atomic E-state index is 0.0729. The Morgan fingerprint density at radius 3 is 1.42 bits per heavy atom. The zero-order valence-corrected chi connectivity index (χ0v) is 38.0. The van der Waals surface area contributed by atoms with Crippen molar-refractivity contribution in [3.63, 3.8) is 0 Å². The number of carbonyl (C=O) groups is 2. The van der Waals surface area contributed by atoms with Crippen molar-refractivity contribution in [1.82, 2.24) is 5.32 Å². The Morgan fingerprint density at radius 1 is 0.526 bits per heavy atom. The zero-order chi connectivity index (χ0) is 41.7. The van der Waals surface area contributed by atoms with Crippen molar-refractivity contribution in [2.45, 2.75) is 270 Å². The summed E-state index contributed by atoms with van der Waals surface area (Å²) in [6.07, 6.45) is 52.0. The Labute approximate surface area is 353 Å². The van der Waals surface area contributed by atoms with Crippen LogP contribution < -0.4 is 5.32 Å². The first-order chi connectivity index (χ1) is 28.0. The fraction of sp³-hybridized carbons (Fsp3) is 0.843. The molecular weight excluding hydrogens is 707 g/mol. The summed E-state index contributed by atoms with van der Waals surface area (Å²) in [6, 6.07) is -0.701. The van der Waals surface area contributed by atoms with E-state index in [1.54, 1.807) is 0 Å². The lowest BCUT2D eigenvalue weighted by atomic mass is 10.0. The maximum absolute atomic E-state index is 13.2. The van der Waals surface area contributed by atoms with E-state index in [1.807, 2.05) is 0 Å². The summed E-state index contributed by atoms with van der Waals surface area (Å²) in [6.45, 7) is 6.35. The molecular formula is C51H95NO5. The van der Waals surface area contributed by atoms with Crippen molar-refractivity contribution in [3.8, 4) is 0 Å². The van der Waals surface area contributed by atoms with E-state index in [1.165, 1.54) is 128 Å². The van der Waals surface area contributed by atoms with E-state index in [9.17, 15) is 19.8 Å². The molecule has 1 amide bonds. The van der Waals surface area contributed by atoms with Crippen LogP contribution >= 0.6 is 0 Å². The van der Waals surface area contributed by atoms with Crippen molar-refractivity contribution < 1.29 is 24.5 Å². The number of allylic oxidation sites excluding steroid dienone is 6. The minimum Gasteiger partial charge on any atom is -0.462 e. The average Bonchev–Trinajstić information content (AvgIpc) is 3.20. The molecule has 57 heavy (non-hydrogen) atoms. The highest BCUT2D eigenvalue weighted by Gasteiger charge is 2.24. The van der Waals surface area contributed by atoms with Crippen molar-refractivity contribution >= 4 is 11.9 Å². The quantitative estimate of drug-likeness (QED) is 0.0324. The van der Waals surface area contributed by atoms with E-state index in [0.717, 1.165) is 77.0 Å². The molecule has 0 saturated heterocycles. The van der Waals surface area contributed by atoms with Gasteiger partial charge >= 0.3 is 5.97 Å². The number of carbonyl (C=O) groups excluding carboxylic acids is 2. The molecule has 334 valence electrons. The molecule has 0 radical (unpaired) electrons. The highest BCUT2D eigenvalue weighted by molar-refractivity contribution is 5.77. The third-order valence-electron chi connectivity index (χ3n) is 11.3. The largest absolute Gasteiger partial charge is 0.462 e. The van der Waals surface area contributed by atoms with Crippen LogP contribution in [-0.4, -0.2) is 46.9 Å². The Hall–Kier alpha value is -1.92. The lowest BCUT2D eigenvalue weighted by Gasteiger charge is -2.24. The standard InChI is InChI=1S/C51H95NO5/c1-4-7-10-13-16-19-22-24-26-28-30-33-36-39-42-47(57-51(56)44-41-38-35-32-29-25-23-20-17-14-11-8-5-2)45-50(55)52-48(46-53)49(54)43-40-37-34-31-27-21-18-15-12-9-6-3/h8,11,14,17,20,23,47-49,53-54H,4-7,9-10,12-13,15-16,18-19,21-22,24-46H2,1-3H3,(H,52,55)/b11-8+,17-14+,23-20-. The molecule has 0 bridgehead atoms. The molecule has 3 N–H and O–H groups in total. The number of hydrogen-bond donors (Lipinski definition) is 3. The number of rotatable bonds is 44. The molecule has 0 aromatic heterocycles. The lowest BCUT2D eigenvalue weighted by Crippen LogP contribution is -2.46. The molecule has 0 heterocycles. The molecule has 0 saturated carbocycles. The van der Waals surface area contributed by atoms with Crippen LogP contribution in [0.25, 0.3) is 0 Å². The monoisotopic (exact) mass is 802 g/mol. The number of aliphatic hydroxyl groups is 2. The summed E-state index contributed by atoms with van der Waals surface area (Å²) in [4.78, 5) is 26.1. The van der Waals surface area contributed by atoms with Crippen LogP contribution in [0.5, 0.6) is 0 Å². The van der Waals surface area contributed by atoms with Crippen LogP contribution in [0.4, 0.5) is 0 Å². The summed E-state index contributed by atoms with van der Waals surface area (Å²) in [5, 5.41) is 23.7. The fourth-order valence-electron chi connectivity index (χ4n) is 7.55. The van der Waals surface area contributed by atoms with Gasteiger partial charge in [-0.05, 0) is 44.9 Å². The third-order valence-corrected chi connectivity index (χ3v) is 11.3. The van der Waals surface area contributed by atoms with Crippen LogP contribution in [0.15, 0.2) is 36.5 Å². The highest BCUT2D eigenvalue weighted by atomic mass is 16.5. The van der Waals surface area contributed by atoms with Crippen LogP contribution in [-0.2, 0) is 14.3 Å². The number of nitrogens with one attached hydrogen (secondary N) is 1. The summed E-state index contributed by atoms with van der Waals surface area (Å²) in [5.41, 5.74) is 0. The number of aliphatic hydroxyl groups excluding tert-OH is 2. The predicted molar refractivity (Wildman–Crippen MR) is 246 cm³/mol. The van der Waals surface area contributed by atoms with Gasteiger partial charge in [-0.2, -0.15) is 0 Å². The van der Waals surface area contributed by atoms with Crippen molar-refractivity contribution in [2.75, 3.05) is 6.61 Å². The summed E-state index contributed by atoms with van der Waals surface area (Å²) in [5.74, 6) is -0.489. The molecule has 0 rings (SSSR count). The molecule has 0 fully saturated rings. The zero-order valence-electron chi connectivity index (χ0n) is 38.0. The predicted octanol–water partition coefficient (Wildman–Crippen LogP) is 14.5. The summed E-state index contributed by atoms with van der Waals surface area (Å²) < 4.78 is 5.92. The van der Waals surface area contributed by atoms with Crippen LogP contribution in [0.1, 0.15) is 252 Å². The van der Waals surface area contributed by atoms with E-state index in [-0.39, 0.29) is 24.9 Å². The topological polar surface area (TPSA) is 95.9 Å². The SMILES string of the molecule is CC/C=C/C=C/C=C\CCCCCCCC(=O)OC(CCCCCCCCCCCCCCCC)CC(=O)NC(CO)C(O)CCCCCCCCCCCCC. The lowest BCUT2D eigenvalue weighted by molar-refractivity contribution is -0.151. The molecule has 0 aliphatic heterocycles. The van der Waals surface area contributed by atoms with Crippen molar-refractivity contribution in [2.24, 2.45) is 0 Å². The van der Waals surface area contributed by atoms with Gasteiger partial charge in [0.2, 0.25) is 5.91 Å². The van der Waals surface area contributed by atoms with Crippen LogP contribution in [0.3, 0.4) is 0 Å². The number of esters is 1. The first kappa shape index (κ1) is 55.1. The number of hydrogen-bond acceptors (Lipinski definition) is 5. The summed E-state index contributed by atoms with van der Waals surface area (Å²) >= 11 is 0. The average molecular weight is 802 g/mol. The van der Waals surface area contributed by atoms with Gasteiger partial charge in [-0.1, -0.05) is 231 Å². The van der Waals surface area contributed by atoms with Gasteiger partial charge in [0.25, 0.3) is 0 Å². The second-order valence-electron chi connectivity index (χ2n) is 16.9. The maximum Gasteiger partial charge on any atom is 0.306 e. The van der Waals surface area contributed by atoms with Gasteiger partial charge in [-0.15, -0.1) is 0 Å². The van der Waals surface area contributed by atoms with Crippen molar-refractivity contribution in [3.05, 3.63) is 36.5 Å². The number of ether oxygens (including phenoxy) is 1. The first-order valence-corrected chi connectivity index (χ1v) is 24.7. The van der Waals surface area contributed by atoms with E-state index in [0.29, 0.717) is 19.3 Å². The smallest absolute Gasteiger partial charge is 0.306 e. The van der Waals surface area contributed by atoms with Gasteiger partial charge in [0, 0.05) is 6.42 Å². The van der Waals surface area contributed by atoms with Gasteiger partial charge in [-0.25, -0.2) is 0 Å². The molecule has 0 aromatic carbocycles. The maximum atomic E-state index is 13.2. The van der Waals surface area contributed by atoms with E-state index in [2.05, 4.69) is 62.5 Å². The Morgan fingerprint density at radius 2 is 0.947 bits per heavy atom. The normalized spacial score (nSPS) is 13.6. The van der Waals surface area contributed by atoms with E-state index in [4.69, 9.17) is 4.74 Å². The van der Waals surface area contributed by atoms with Gasteiger partial charge in [0.05, 0.1) is 25.2 Å². The first-order valence-electron chi connectivity index (χ1n) is 24.7. The van der Waals surface area contributed by atoms with Gasteiger partial charge in [0.15, 0.2) is 0 Å². The molecule has 6 heteroatoms. The minimum atomic E-state index is -0.787. The second-order valence-corrected chi connectivity index (χ2v) is 16.9. The fourth-order valence-corrected chi connectivity index (χ4v) is 7.55. The molecule has 0 aromatic rings. The van der Waals surface area contributed by atoms with Gasteiger partial charge in [-0.3, -0.25) is 9.59 Å².